The van der Waals surface area contributed by atoms with Gasteiger partial charge in [-0.3, -0.25) is 14.1 Å². The fourth-order valence-electron chi connectivity index (χ4n) is 3.94. The molecule has 4 atom stereocenters. The predicted molar refractivity (Wildman–Crippen MR) is 129 cm³/mol. The van der Waals surface area contributed by atoms with Crippen molar-refractivity contribution in [3.8, 4) is 11.8 Å². The second kappa shape index (κ2) is 10.7. The number of Topliss-reactive ketones (excluding diaryl/α,β-unsaturated/α-hetero) is 1. The SMILES string of the molecule is CCOC(=O)CNP(=O)(Oc1ccccc1)OC1COC(C#N)(c2ccc3c(N)ncnn23)C(C)C1=O. The quantitative estimate of drug-likeness (QED) is 0.305. The third-order valence-corrected chi connectivity index (χ3v) is 7.33. The molecule has 37 heavy (non-hydrogen) atoms. The van der Waals surface area contributed by atoms with Gasteiger partial charge in [0, 0.05) is 0 Å². The highest BCUT2D eigenvalue weighted by Gasteiger charge is 2.53. The van der Waals surface area contributed by atoms with E-state index in [-0.39, 0.29) is 23.9 Å². The molecule has 3 N–H and O–H groups in total. The van der Waals surface area contributed by atoms with Crippen molar-refractivity contribution in [2.75, 3.05) is 25.5 Å². The highest BCUT2D eigenvalue weighted by molar-refractivity contribution is 7.52. The van der Waals surface area contributed by atoms with Crippen LogP contribution in [-0.4, -0.2) is 52.2 Å². The number of nitrogen functional groups attached to an aromatic ring is 1. The van der Waals surface area contributed by atoms with Gasteiger partial charge in [0.05, 0.1) is 24.8 Å². The zero-order valence-electron chi connectivity index (χ0n) is 20.1. The molecule has 13 nitrogen and oxygen atoms in total. The van der Waals surface area contributed by atoms with E-state index in [1.54, 1.807) is 37.3 Å². The number of para-hydroxylation sites is 1. The molecule has 1 aromatic carbocycles. The Labute approximate surface area is 212 Å². The van der Waals surface area contributed by atoms with Crippen LogP contribution in [0.3, 0.4) is 0 Å². The van der Waals surface area contributed by atoms with Gasteiger partial charge < -0.3 is 19.7 Å². The summed E-state index contributed by atoms with van der Waals surface area (Å²) in [6.07, 6.45) is -0.142. The Bertz CT molecular complexity index is 1390. The van der Waals surface area contributed by atoms with Gasteiger partial charge in [-0.05, 0) is 31.2 Å². The van der Waals surface area contributed by atoms with E-state index >= 15 is 0 Å². The number of benzene rings is 1. The summed E-state index contributed by atoms with van der Waals surface area (Å²) in [7, 11) is -4.28. The number of ether oxygens (including phenoxy) is 2. The van der Waals surface area contributed by atoms with Crippen molar-refractivity contribution in [2.24, 2.45) is 5.92 Å². The number of nitrogens with zero attached hydrogens (tertiary/aromatic N) is 4. The Morgan fingerprint density at radius 2 is 2.11 bits per heavy atom. The number of nitriles is 1. The van der Waals surface area contributed by atoms with Crippen LogP contribution in [0, 0.1) is 17.2 Å². The van der Waals surface area contributed by atoms with Crippen molar-refractivity contribution in [1.82, 2.24) is 19.7 Å². The minimum absolute atomic E-state index is 0.124. The number of hydrogen-bond acceptors (Lipinski definition) is 11. The minimum Gasteiger partial charge on any atom is -0.465 e. The van der Waals surface area contributed by atoms with Crippen LogP contribution in [0.1, 0.15) is 19.5 Å². The zero-order chi connectivity index (χ0) is 26.6. The highest BCUT2D eigenvalue weighted by atomic mass is 31.2. The maximum absolute atomic E-state index is 13.6. The van der Waals surface area contributed by atoms with Gasteiger partial charge in [-0.2, -0.15) is 10.4 Å². The van der Waals surface area contributed by atoms with Crippen molar-refractivity contribution in [3.63, 3.8) is 0 Å². The number of hydrogen-bond donors (Lipinski definition) is 2. The van der Waals surface area contributed by atoms with Gasteiger partial charge in [-0.15, -0.1) is 0 Å². The Hall–Kier alpha value is -3.82. The normalized spacial score (nSPS) is 23.2. The molecule has 194 valence electrons. The Morgan fingerprint density at radius 1 is 1.35 bits per heavy atom. The molecular formula is C23H25N6O7P. The number of rotatable bonds is 9. The average Bonchev–Trinajstić information content (AvgIpc) is 3.33. The number of anilines is 1. The Kier molecular flexibility index (Phi) is 7.56. The second-order valence-electron chi connectivity index (χ2n) is 8.08. The summed E-state index contributed by atoms with van der Waals surface area (Å²) in [6, 6.07) is 13.4. The molecular weight excluding hydrogens is 503 g/mol. The lowest BCUT2D eigenvalue weighted by Crippen LogP contribution is -2.52. The van der Waals surface area contributed by atoms with E-state index in [2.05, 4.69) is 21.2 Å². The van der Waals surface area contributed by atoms with E-state index in [4.69, 9.17) is 24.3 Å². The van der Waals surface area contributed by atoms with E-state index in [0.717, 1.165) is 0 Å². The molecule has 4 unspecified atom stereocenters. The van der Waals surface area contributed by atoms with Crippen LogP contribution in [0.15, 0.2) is 48.8 Å². The lowest BCUT2D eigenvalue weighted by Gasteiger charge is -2.39. The number of nitrogens with two attached hydrogens (primary N) is 1. The summed E-state index contributed by atoms with van der Waals surface area (Å²) in [6.45, 7) is 2.34. The third kappa shape index (κ3) is 5.19. The van der Waals surface area contributed by atoms with Gasteiger partial charge in [0.1, 0.15) is 30.2 Å². The Balaban J connectivity index is 1.59. The van der Waals surface area contributed by atoms with Crippen LogP contribution in [0.4, 0.5) is 5.82 Å². The molecule has 1 saturated heterocycles. The summed E-state index contributed by atoms with van der Waals surface area (Å²) < 4.78 is 37.0. The van der Waals surface area contributed by atoms with Crippen LogP contribution in [0.2, 0.25) is 0 Å². The summed E-state index contributed by atoms with van der Waals surface area (Å²) in [5.74, 6) is -1.94. The van der Waals surface area contributed by atoms with Gasteiger partial charge in [0.2, 0.25) is 5.60 Å². The molecule has 0 saturated carbocycles. The fraction of sp³-hybridized carbons (Fsp3) is 0.348. The lowest BCUT2D eigenvalue weighted by molar-refractivity contribution is -0.163. The van der Waals surface area contributed by atoms with E-state index in [1.165, 1.54) is 29.9 Å². The van der Waals surface area contributed by atoms with Gasteiger partial charge in [0.25, 0.3) is 0 Å². The molecule has 0 spiro atoms. The number of carbonyl (C=O) groups is 2. The topological polar surface area (TPSA) is 180 Å². The standard InChI is InChI=1S/C23H25N6O7P/c1-3-33-20(30)11-28-37(32,35-16-7-5-4-6-8-16)36-18-12-34-23(13-24,15(2)21(18)31)19-10-9-17-22(25)26-14-27-29(17)19/h4-10,14-15,18H,3,11-12H2,1-2H3,(H,28,32)(H2,25,26,27). The molecule has 1 fully saturated rings. The monoisotopic (exact) mass is 528 g/mol. The van der Waals surface area contributed by atoms with Crippen LogP contribution in [0.25, 0.3) is 5.52 Å². The number of aromatic nitrogens is 3. The third-order valence-electron chi connectivity index (χ3n) is 5.80. The van der Waals surface area contributed by atoms with E-state index in [0.29, 0.717) is 5.52 Å². The number of fused-ring (bicyclic) bond motifs is 1. The Morgan fingerprint density at radius 3 is 2.81 bits per heavy atom. The maximum atomic E-state index is 13.6. The predicted octanol–water partition coefficient (Wildman–Crippen LogP) is 1.99. The first-order chi connectivity index (χ1) is 17.7. The molecule has 0 bridgehead atoms. The highest BCUT2D eigenvalue weighted by Crippen LogP contribution is 2.48. The van der Waals surface area contributed by atoms with Crippen molar-refractivity contribution in [2.45, 2.75) is 25.6 Å². The lowest BCUT2D eigenvalue weighted by atomic mass is 9.80. The van der Waals surface area contributed by atoms with E-state index < -0.39 is 50.3 Å². The fourth-order valence-corrected chi connectivity index (χ4v) is 5.35. The number of ketones is 1. The van der Waals surface area contributed by atoms with Crippen LogP contribution in [-0.2, 0) is 33.8 Å². The molecule has 14 heteroatoms. The molecule has 1 aliphatic heterocycles. The van der Waals surface area contributed by atoms with Gasteiger partial charge in [-0.25, -0.2) is 19.2 Å². The molecule has 0 radical (unpaired) electrons. The number of carbonyl (C=O) groups excluding carboxylic acids is 2. The molecule has 2 aromatic heterocycles. The summed E-state index contributed by atoms with van der Waals surface area (Å²) >= 11 is 0. The first-order valence-electron chi connectivity index (χ1n) is 11.3. The van der Waals surface area contributed by atoms with E-state index in [1.807, 2.05) is 0 Å². The summed E-state index contributed by atoms with van der Waals surface area (Å²) in [5.41, 5.74) is 4.89. The summed E-state index contributed by atoms with van der Waals surface area (Å²) in [4.78, 5) is 29.2. The first kappa shape index (κ1) is 26.2. The molecule has 1 aliphatic rings. The van der Waals surface area contributed by atoms with Gasteiger partial charge >= 0.3 is 13.7 Å². The maximum Gasteiger partial charge on any atom is 0.460 e. The summed E-state index contributed by atoms with van der Waals surface area (Å²) in [5, 5.41) is 16.7. The van der Waals surface area contributed by atoms with Crippen molar-refractivity contribution in [3.05, 3.63) is 54.5 Å². The number of nitrogens with one attached hydrogen (secondary N) is 1. The second-order valence-corrected chi connectivity index (χ2v) is 9.78. The molecule has 0 amide bonds. The van der Waals surface area contributed by atoms with Crippen molar-refractivity contribution < 1.29 is 32.7 Å². The largest absolute Gasteiger partial charge is 0.465 e. The molecule has 3 heterocycles. The van der Waals surface area contributed by atoms with Gasteiger partial charge in [0.15, 0.2) is 17.7 Å². The molecule has 3 aromatic rings. The molecule has 4 rings (SSSR count). The zero-order valence-corrected chi connectivity index (χ0v) is 21.0. The number of esters is 1. The van der Waals surface area contributed by atoms with Crippen LogP contribution in [0.5, 0.6) is 5.75 Å². The van der Waals surface area contributed by atoms with Crippen LogP contribution >= 0.6 is 7.75 Å². The minimum atomic E-state index is -4.28. The first-order valence-corrected chi connectivity index (χ1v) is 12.9. The van der Waals surface area contributed by atoms with Crippen LogP contribution < -0.4 is 15.3 Å². The van der Waals surface area contributed by atoms with Crippen molar-refractivity contribution in [1.29, 1.82) is 5.26 Å². The average molecular weight is 528 g/mol. The smallest absolute Gasteiger partial charge is 0.460 e. The van der Waals surface area contributed by atoms with E-state index in [9.17, 15) is 19.4 Å². The van der Waals surface area contributed by atoms with Gasteiger partial charge in [-0.1, -0.05) is 25.1 Å². The van der Waals surface area contributed by atoms with Crippen molar-refractivity contribution >= 4 is 30.8 Å². The molecule has 0 aliphatic carbocycles.